The monoisotopic (exact) mass is 196 g/mol. The third-order valence-corrected chi connectivity index (χ3v) is 1.76. The zero-order valence-corrected chi connectivity index (χ0v) is 9.27. The minimum Gasteiger partial charge on any atom is -0.469 e. The van der Waals surface area contributed by atoms with Gasteiger partial charge in [0.15, 0.2) is 0 Å². The first-order valence-electron chi connectivity index (χ1n) is 4.40. The molecule has 0 unspecified atom stereocenters. The van der Waals surface area contributed by atoms with E-state index in [-0.39, 0.29) is 4.75 Å². The lowest BCUT2D eigenvalue weighted by atomic mass is 10.1. The van der Waals surface area contributed by atoms with Gasteiger partial charge in [-0.1, -0.05) is 11.6 Å². The van der Waals surface area contributed by atoms with E-state index in [1.54, 1.807) is 6.26 Å². The molecule has 13 heavy (non-hydrogen) atoms. The molecule has 0 saturated carbocycles. The molecule has 0 aliphatic heterocycles. The molecule has 0 saturated heterocycles. The maximum absolute atomic E-state index is 5.25. The van der Waals surface area contributed by atoms with Crippen LogP contribution in [-0.2, 0) is 6.42 Å². The van der Waals surface area contributed by atoms with Crippen LogP contribution in [0.1, 0.15) is 26.5 Å². The Morgan fingerprint density at radius 3 is 2.77 bits per heavy atom. The Bertz CT molecular complexity index is 278. The van der Waals surface area contributed by atoms with Crippen LogP contribution in [0, 0.1) is 0 Å². The van der Waals surface area contributed by atoms with Crippen molar-refractivity contribution in [1.82, 2.24) is 0 Å². The van der Waals surface area contributed by atoms with Crippen LogP contribution in [0.5, 0.6) is 0 Å². The number of allylic oxidation sites excluding steroid dienone is 1. The number of thiol groups is 1. The molecule has 0 fully saturated rings. The number of hydrogen-bond donors (Lipinski definition) is 1. The van der Waals surface area contributed by atoms with Crippen molar-refractivity contribution in [2.75, 3.05) is 0 Å². The highest BCUT2D eigenvalue weighted by Crippen LogP contribution is 2.18. The topological polar surface area (TPSA) is 13.1 Å². The van der Waals surface area contributed by atoms with Crippen LogP contribution in [0.2, 0.25) is 0 Å². The van der Waals surface area contributed by atoms with Crippen molar-refractivity contribution in [3.8, 4) is 0 Å². The lowest BCUT2D eigenvalue weighted by molar-refractivity contribution is 0.519. The van der Waals surface area contributed by atoms with Crippen molar-refractivity contribution in [3.05, 3.63) is 35.8 Å². The summed E-state index contributed by atoms with van der Waals surface area (Å²) in [5, 5.41) is 0. The van der Waals surface area contributed by atoms with E-state index in [1.165, 1.54) is 5.57 Å². The molecule has 0 amide bonds. The molecule has 0 N–H and O–H groups in total. The van der Waals surface area contributed by atoms with Crippen LogP contribution in [0.25, 0.3) is 0 Å². The molecule has 0 bridgehead atoms. The first-order chi connectivity index (χ1) is 5.97. The first kappa shape index (κ1) is 10.5. The van der Waals surface area contributed by atoms with Crippen LogP contribution < -0.4 is 0 Å². The molecule has 0 atom stereocenters. The Labute approximate surface area is 85.2 Å². The van der Waals surface area contributed by atoms with Gasteiger partial charge in [-0.3, -0.25) is 0 Å². The fourth-order valence-electron chi connectivity index (χ4n) is 1.34. The summed E-state index contributed by atoms with van der Waals surface area (Å²) in [6.07, 6.45) is 4.73. The minimum atomic E-state index is -0.0450. The summed E-state index contributed by atoms with van der Waals surface area (Å²) in [7, 11) is 0. The van der Waals surface area contributed by atoms with Gasteiger partial charge < -0.3 is 4.42 Å². The van der Waals surface area contributed by atoms with E-state index in [9.17, 15) is 0 Å². The zero-order valence-electron chi connectivity index (χ0n) is 8.37. The van der Waals surface area contributed by atoms with Gasteiger partial charge in [-0.2, -0.15) is 12.6 Å². The van der Waals surface area contributed by atoms with Crippen LogP contribution in [0.3, 0.4) is 0 Å². The zero-order chi connectivity index (χ0) is 9.90. The lowest BCUT2D eigenvalue weighted by Gasteiger charge is -2.12. The smallest absolute Gasteiger partial charge is 0.107 e. The second kappa shape index (κ2) is 4.05. The Morgan fingerprint density at radius 2 is 2.31 bits per heavy atom. The Morgan fingerprint density at radius 1 is 1.62 bits per heavy atom. The summed E-state index contributed by atoms with van der Waals surface area (Å²) in [6.45, 7) is 6.24. The van der Waals surface area contributed by atoms with Gasteiger partial charge in [0.25, 0.3) is 0 Å². The van der Waals surface area contributed by atoms with Crippen molar-refractivity contribution in [1.29, 1.82) is 0 Å². The van der Waals surface area contributed by atoms with E-state index >= 15 is 0 Å². The maximum Gasteiger partial charge on any atom is 0.107 e. The lowest BCUT2D eigenvalue weighted by Crippen LogP contribution is -2.06. The molecule has 0 aliphatic rings. The highest BCUT2D eigenvalue weighted by Gasteiger charge is 2.07. The van der Waals surface area contributed by atoms with Crippen LogP contribution in [-0.4, -0.2) is 4.75 Å². The van der Waals surface area contributed by atoms with Gasteiger partial charge in [0.05, 0.1) is 6.26 Å². The summed E-state index contributed by atoms with van der Waals surface area (Å²) in [5.41, 5.74) is 1.29. The quantitative estimate of drug-likeness (QED) is 0.577. The molecule has 1 rings (SSSR count). The standard InChI is InChI=1S/C11H16OS/c1-9(8-11(2,3)13)7-10-5-4-6-12-10/h4-6,8,13H,7H2,1-3H3/b9-8+. The third-order valence-electron chi connectivity index (χ3n) is 1.63. The van der Waals surface area contributed by atoms with Gasteiger partial charge in [0, 0.05) is 11.2 Å². The van der Waals surface area contributed by atoms with Gasteiger partial charge in [0.1, 0.15) is 5.76 Å². The summed E-state index contributed by atoms with van der Waals surface area (Å²) < 4.78 is 5.21. The van der Waals surface area contributed by atoms with Crippen molar-refractivity contribution in [2.45, 2.75) is 31.9 Å². The van der Waals surface area contributed by atoms with E-state index in [1.807, 2.05) is 12.1 Å². The van der Waals surface area contributed by atoms with E-state index in [4.69, 9.17) is 4.42 Å². The van der Waals surface area contributed by atoms with E-state index < -0.39 is 0 Å². The Kier molecular flexibility index (Phi) is 3.26. The largest absolute Gasteiger partial charge is 0.469 e. The molecule has 0 spiro atoms. The molecular formula is C11H16OS. The van der Waals surface area contributed by atoms with Crippen LogP contribution in [0.15, 0.2) is 34.5 Å². The SMILES string of the molecule is C/C(=C\C(C)(C)S)Cc1ccco1. The van der Waals surface area contributed by atoms with Crippen molar-refractivity contribution < 1.29 is 4.42 Å². The van der Waals surface area contributed by atoms with Gasteiger partial charge in [0.2, 0.25) is 0 Å². The van der Waals surface area contributed by atoms with E-state index in [0.29, 0.717) is 0 Å². The third kappa shape index (κ3) is 4.23. The molecule has 1 aromatic rings. The fraction of sp³-hybridized carbons (Fsp3) is 0.455. The fourth-order valence-corrected chi connectivity index (χ4v) is 1.56. The normalized spacial score (nSPS) is 13.4. The second-order valence-corrected chi connectivity index (χ2v) is 5.05. The highest BCUT2D eigenvalue weighted by molar-refractivity contribution is 7.82. The molecule has 2 heteroatoms. The molecule has 1 nitrogen and oxygen atoms in total. The number of rotatable bonds is 3. The predicted molar refractivity (Wildman–Crippen MR) is 59.2 cm³/mol. The summed E-state index contributed by atoms with van der Waals surface area (Å²) >= 11 is 4.44. The Hall–Kier alpha value is -0.630. The highest BCUT2D eigenvalue weighted by atomic mass is 32.1. The second-order valence-electron chi connectivity index (χ2n) is 3.90. The van der Waals surface area contributed by atoms with Gasteiger partial charge in [-0.05, 0) is 32.9 Å². The molecular weight excluding hydrogens is 180 g/mol. The van der Waals surface area contributed by atoms with Crippen molar-refractivity contribution in [2.24, 2.45) is 0 Å². The van der Waals surface area contributed by atoms with Gasteiger partial charge in [-0.25, -0.2) is 0 Å². The van der Waals surface area contributed by atoms with E-state index in [0.717, 1.165) is 12.2 Å². The minimum absolute atomic E-state index is 0.0450. The van der Waals surface area contributed by atoms with Gasteiger partial charge in [-0.15, -0.1) is 0 Å². The van der Waals surface area contributed by atoms with Crippen LogP contribution >= 0.6 is 12.6 Å². The summed E-state index contributed by atoms with van der Waals surface area (Å²) in [6, 6.07) is 3.90. The average Bonchev–Trinajstić information content (AvgIpc) is 2.34. The molecule has 1 aromatic heterocycles. The average molecular weight is 196 g/mol. The van der Waals surface area contributed by atoms with Gasteiger partial charge >= 0.3 is 0 Å². The predicted octanol–water partition coefficient (Wildman–Crippen LogP) is 3.48. The molecule has 72 valence electrons. The summed E-state index contributed by atoms with van der Waals surface area (Å²) in [5.74, 6) is 1.01. The first-order valence-corrected chi connectivity index (χ1v) is 4.85. The molecule has 1 heterocycles. The number of furan rings is 1. The number of hydrogen-bond acceptors (Lipinski definition) is 2. The molecule has 0 radical (unpaired) electrons. The van der Waals surface area contributed by atoms with Crippen molar-refractivity contribution in [3.63, 3.8) is 0 Å². The Balaban J connectivity index is 2.61. The maximum atomic E-state index is 5.25. The molecule has 0 aromatic carbocycles. The van der Waals surface area contributed by atoms with Crippen molar-refractivity contribution >= 4 is 12.6 Å². The van der Waals surface area contributed by atoms with Crippen LogP contribution in [0.4, 0.5) is 0 Å². The summed E-state index contributed by atoms with van der Waals surface area (Å²) in [4.78, 5) is 0. The van der Waals surface area contributed by atoms with E-state index in [2.05, 4.69) is 39.5 Å². The molecule has 0 aliphatic carbocycles.